The Bertz CT molecular complexity index is 481. The van der Waals surface area contributed by atoms with E-state index in [1.54, 1.807) is 24.8 Å². The predicted molar refractivity (Wildman–Crippen MR) is 67.7 cm³/mol. The first-order chi connectivity index (χ1) is 8.75. The molecular weight excluding hydrogens is 228 g/mol. The van der Waals surface area contributed by atoms with Gasteiger partial charge in [0.15, 0.2) is 0 Å². The van der Waals surface area contributed by atoms with Gasteiger partial charge in [-0.05, 0) is 30.5 Å². The lowest BCUT2D eigenvalue weighted by molar-refractivity contribution is -0.121. The maximum absolute atomic E-state index is 11.8. The number of aromatic nitrogens is 3. The summed E-state index contributed by atoms with van der Waals surface area (Å²) in [6.45, 7) is 1.95. The van der Waals surface area contributed by atoms with E-state index in [0.717, 1.165) is 11.1 Å². The van der Waals surface area contributed by atoms with Crippen molar-refractivity contribution in [3.05, 3.63) is 48.0 Å². The van der Waals surface area contributed by atoms with Gasteiger partial charge < -0.3 is 5.32 Å². The van der Waals surface area contributed by atoms with Crippen molar-refractivity contribution in [1.82, 2.24) is 20.5 Å². The molecule has 94 valence electrons. The molecule has 2 rings (SSSR count). The van der Waals surface area contributed by atoms with Crippen molar-refractivity contribution in [2.45, 2.75) is 25.8 Å². The van der Waals surface area contributed by atoms with Gasteiger partial charge in [-0.1, -0.05) is 6.07 Å². The Hall–Kier alpha value is -2.17. The maximum atomic E-state index is 11.8. The zero-order valence-electron chi connectivity index (χ0n) is 10.3. The molecular formula is C13H16N4O. The lowest BCUT2D eigenvalue weighted by atomic mass is 10.1. The van der Waals surface area contributed by atoms with E-state index in [2.05, 4.69) is 20.5 Å². The molecule has 0 aliphatic rings. The highest BCUT2D eigenvalue weighted by Gasteiger charge is 2.09. The van der Waals surface area contributed by atoms with Crippen molar-refractivity contribution in [2.75, 3.05) is 0 Å². The van der Waals surface area contributed by atoms with Crippen LogP contribution in [0.3, 0.4) is 0 Å². The number of hydrogen-bond donors (Lipinski definition) is 2. The van der Waals surface area contributed by atoms with Crippen molar-refractivity contribution >= 4 is 5.91 Å². The van der Waals surface area contributed by atoms with Crippen molar-refractivity contribution in [1.29, 1.82) is 0 Å². The number of hydrogen-bond acceptors (Lipinski definition) is 3. The summed E-state index contributed by atoms with van der Waals surface area (Å²) >= 11 is 0. The lowest BCUT2D eigenvalue weighted by Gasteiger charge is -2.13. The zero-order chi connectivity index (χ0) is 12.8. The van der Waals surface area contributed by atoms with Crippen LogP contribution in [0.15, 0.2) is 36.9 Å². The third-order valence-corrected chi connectivity index (χ3v) is 2.76. The molecule has 1 atom stereocenters. The van der Waals surface area contributed by atoms with E-state index in [-0.39, 0.29) is 11.9 Å². The number of rotatable bonds is 5. The second kappa shape index (κ2) is 5.95. The topological polar surface area (TPSA) is 70.7 Å². The molecule has 0 bridgehead atoms. The monoisotopic (exact) mass is 244 g/mol. The van der Waals surface area contributed by atoms with E-state index < -0.39 is 0 Å². The van der Waals surface area contributed by atoms with Crippen molar-refractivity contribution in [3.8, 4) is 0 Å². The number of nitrogens with zero attached hydrogens (tertiary/aromatic N) is 2. The minimum absolute atomic E-state index is 0.0180. The second-order valence-electron chi connectivity index (χ2n) is 4.18. The van der Waals surface area contributed by atoms with Crippen molar-refractivity contribution in [2.24, 2.45) is 0 Å². The molecule has 2 heterocycles. The summed E-state index contributed by atoms with van der Waals surface area (Å²) in [5, 5.41) is 9.52. The molecule has 0 fully saturated rings. The van der Waals surface area contributed by atoms with Gasteiger partial charge in [-0.3, -0.25) is 14.9 Å². The van der Waals surface area contributed by atoms with Crippen molar-refractivity contribution < 1.29 is 4.79 Å². The highest BCUT2D eigenvalue weighted by atomic mass is 16.1. The van der Waals surface area contributed by atoms with Crippen LogP contribution in [0.25, 0.3) is 0 Å². The molecule has 18 heavy (non-hydrogen) atoms. The molecule has 0 spiro atoms. The first-order valence-corrected chi connectivity index (χ1v) is 5.92. The summed E-state index contributed by atoms with van der Waals surface area (Å²) in [5.41, 5.74) is 2.05. The molecule has 1 amide bonds. The molecule has 0 saturated carbocycles. The first kappa shape index (κ1) is 12.3. The molecule has 0 aliphatic carbocycles. The van der Waals surface area contributed by atoms with Gasteiger partial charge in [0, 0.05) is 25.0 Å². The van der Waals surface area contributed by atoms with Gasteiger partial charge >= 0.3 is 0 Å². The highest BCUT2D eigenvalue weighted by Crippen LogP contribution is 2.10. The summed E-state index contributed by atoms with van der Waals surface area (Å²) in [5.74, 6) is 0.0348. The zero-order valence-corrected chi connectivity index (χ0v) is 10.3. The Morgan fingerprint density at radius 3 is 3.06 bits per heavy atom. The fraction of sp³-hybridized carbons (Fsp3) is 0.308. The minimum Gasteiger partial charge on any atom is -0.350 e. The molecule has 2 N–H and O–H groups in total. The molecule has 0 unspecified atom stereocenters. The van der Waals surface area contributed by atoms with Crippen LogP contribution < -0.4 is 5.32 Å². The Balaban J connectivity index is 1.80. The molecule has 0 radical (unpaired) electrons. The largest absolute Gasteiger partial charge is 0.350 e. The van der Waals surface area contributed by atoms with Crippen LogP contribution in [0, 0.1) is 0 Å². The van der Waals surface area contributed by atoms with E-state index in [1.165, 1.54) is 0 Å². The van der Waals surface area contributed by atoms with Gasteiger partial charge in [0.2, 0.25) is 5.91 Å². The van der Waals surface area contributed by atoms with Crippen LogP contribution in [0.2, 0.25) is 0 Å². The Kier molecular flexibility index (Phi) is 4.06. The molecule has 5 heteroatoms. The maximum Gasteiger partial charge on any atom is 0.220 e. The van der Waals surface area contributed by atoms with Crippen LogP contribution in [-0.2, 0) is 11.2 Å². The molecule has 0 aromatic carbocycles. The van der Waals surface area contributed by atoms with E-state index in [9.17, 15) is 4.79 Å². The number of amides is 1. The predicted octanol–water partition coefficient (Wildman–Crippen LogP) is 1.61. The van der Waals surface area contributed by atoms with Crippen LogP contribution in [0.4, 0.5) is 0 Å². The molecule has 5 nitrogen and oxygen atoms in total. The first-order valence-electron chi connectivity index (χ1n) is 5.92. The van der Waals surface area contributed by atoms with Gasteiger partial charge in [0.05, 0.1) is 12.2 Å². The molecule has 2 aromatic rings. The average molecular weight is 244 g/mol. The Morgan fingerprint density at radius 1 is 1.50 bits per heavy atom. The minimum atomic E-state index is -0.0180. The normalized spacial score (nSPS) is 12.1. The molecule has 0 aliphatic heterocycles. The highest BCUT2D eigenvalue weighted by molar-refractivity contribution is 5.76. The number of H-pyrrole nitrogens is 1. The quantitative estimate of drug-likeness (QED) is 0.839. The number of aryl methyl sites for hydroxylation is 1. The third kappa shape index (κ3) is 3.41. The van der Waals surface area contributed by atoms with E-state index in [0.29, 0.717) is 12.8 Å². The number of carbonyl (C=O) groups is 1. The molecule has 0 saturated heterocycles. The molecule has 2 aromatic heterocycles. The van der Waals surface area contributed by atoms with E-state index >= 15 is 0 Å². The fourth-order valence-corrected chi connectivity index (χ4v) is 1.70. The number of nitrogens with one attached hydrogen (secondary N) is 2. The Labute approximate surface area is 106 Å². The van der Waals surface area contributed by atoms with Gasteiger partial charge in [0.1, 0.15) is 0 Å². The van der Waals surface area contributed by atoms with E-state index in [4.69, 9.17) is 0 Å². The average Bonchev–Trinajstić information content (AvgIpc) is 2.90. The van der Waals surface area contributed by atoms with Crippen LogP contribution in [-0.4, -0.2) is 21.1 Å². The summed E-state index contributed by atoms with van der Waals surface area (Å²) in [7, 11) is 0. The Morgan fingerprint density at radius 2 is 2.39 bits per heavy atom. The SMILES string of the molecule is C[C@@H](NC(=O)CCc1cn[nH]c1)c1cccnc1. The summed E-state index contributed by atoms with van der Waals surface area (Å²) in [4.78, 5) is 15.8. The standard InChI is InChI=1S/C13H16N4O/c1-10(12-3-2-6-14-9-12)17-13(18)5-4-11-7-15-16-8-11/h2-3,6-10H,4-5H2,1H3,(H,15,16)(H,17,18)/t10-/m1/s1. The van der Waals surface area contributed by atoms with Gasteiger partial charge in [-0.15, -0.1) is 0 Å². The lowest BCUT2D eigenvalue weighted by Crippen LogP contribution is -2.26. The van der Waals surface area contributed by atoms with Crippen LogP contribution in [0.5, 0.6) is 0 Å². The third-order valence-electron chi connectivity index (χ3n) is 2.76. The van der Waals surface area contributed by atoms with Crippen LogP contribution >= 0.6 is 0 Å². The van der Waals surface area contributed by atoms with Gasteiger partial charge in [-0.2, -0.15) is 5.10 Å². The van der Waals surface area contributed by atoms with Crippen LogP contribution in [0.1, 0.15) is 30.5 Å². The summed E-state index contributed by atoms with van der Waals surface area (Å²) < 4.78 is 0. The van der Waals surface area contributed by atoms with Gasteiger partial charge in [-0.25, -0.2) is 0 Å². The fourth-order valence-electron chi connectivity index (χ4n) is 1.70. The van der Waals surface area contributed by atoms with Crippen molar-refractivity contribution in [3.63, 3.8) is 0 Å². The number of pyridine rings is 1. The van der Waals surface area contributed by atoms with Gasteiger partial charge in [0.25, 0.3) is 0 Å². The smallest absolute Gasteiger partial charge is 0.220 e. The number of carbonyl (C=O) groups excluding carboxylic acids is 1. The number of aromatic amines is 1. The second-order valence-corrected chi connectivity index (χ2v) is 4.18. The van der Waals surface area contributed by atoms with E-state index in [1.807, 2.05) is 19.1 Å². The summed E-state index contributed by atoms with van der Waals surface area (Å²) in [6, 6.07) is 3.80. The summed E-state index contributed by atoms with van der Waals surface area (Å²) in [6.07, 6.45) is 8.18.